The van der Waals surface area contributed by atoms with E-state index >= 15 is 0 Å². The quantitative estimate of drug-likeness (QED) is 0.0731. The molecule has 7 atom stereocenters. The highest BCUT2D eigenvalue weighted by atomic mass is 19.3. The van der Waals surface area contributed by atoms with Gasteiger partial charge in [-0.1, -0.05) is 0 Å². The van der Waals surface area contributed by atoms with Crippen LogP contribution in [-0.4, -0.2) is 235 Å². The Morgan fingerprint density at radius 3 is 1.10 bits per heavy atom. The lowest BCUT2D eigenvalue weighted by molar-refractivity contribution is -0.119. The molecule has 742 valence electrons. The number of hydrogen-bond donors (Lipinski definition) is 5. The first-order valence-corrected chi connectivity index (χ1v) is 45.6. The molecule has 1 saturated carbocycles. The molecule has 1 aliphatic carbocycles. The first kappa shape index (κ1) is 92.5. The molecule has 3 unspecified atom stereocenters. The van der Waals surface area contributed by atoms with E-state index in [1.807, 2.05) is 0 Å². The third-order valence-electron chi connectivity index (χ3n) is 25.9. The molecule has 0 spiro atoms. The van der Waals surface area contributed by atoms with E-state index in [4.69, 9.17) is 4.11 Å². The largest absolute Gasteiger partial charge is 0.340 e. The standard InChI is InChI=1S/C24H28N10O3.C23H22F2N10O3.C22H24N10O3.C21H22N10O3/c1-14-7-5-6-10-33(14)23-26-11-16(12-27-23)19-25-9-8-17(29-19)30-21(35)15(2)34-13-28-20-18(34)22(36)32(4)24(37)31(20)3;1-11(35-10-29-18-16(35)20(37)33(3)22(38)32(18)2)19(36)31-15-4-5-26-17(30-15)12-6-27-21(28-7-12)34-8-13-14(9-34)23(13,24)25;1-13-5-4-8-32(13)21-24-9-14(10-25-21)18-23-7-6-15(28-18)27-16(33)11-31-12-26-19-17(31)20(34)30(3)22(35)29(19)2;1-12-4-3-7-31(12)20-23-8-13(9-24-20)17-22-6-5-14(27-17)26-15(32)10-30-11-25-18-16(30)19(33)28-21(34)29(18)2/h8-9,11-15H,5-7,10H2,1-4H3,(H,25,29,30,35);4-7,10-11,13-14H,8-9H2,1-3H3,(H,26,30,31,36);6-7,9-10,12-13H,4-5,8,11H2,1-3H3,(H,23,27,28,33);5-6,8-9,11-12H,3-4,7,10H2,1-2H3,(H,28,33,34)(H,22,26,27,32)/t14-,15?;11-,13?,14?;13-;12-/m0000/s1/i;;2D3;. The fourth-order valence-electron chi connectivity index (χ4n) is 17.5. The molecule has 0 radical (unpaired) electrons. The monoisotopic (exact) mass is 1970 g/mol. The third kappa shape index (κ3) is 19.0. The number of imidazole rings is 4. The number of rotatable bonds is 20. The number of anilines is 8. The van der Waals surface area contributed by atoms with Gasteiger partial charge in [-0.2, -0.15) is 0 Å². The number of nitrogens with one attached hydrogen (secondary N) is 5. The molecule has 20 heterocycles. The summed E-state index contributed by atoms with van der Waals surface area (Å²) in [7, 11) is 8.42. The van der Waals surface area contributed by atoms with E-state index in [1.165, 1.54) is 136 Å². The number of piperidine rings is 2. The molecule has 21 rings (SSSR count). The van der Waals surface area contributed by atoms with E-state index in [9.17, 15) is 66.3 Å². The maximum absolute atomic E-state index is 13.5. The second-order valence-corrected chi connectivity index (χ2v) is 35.2. The molecule has 0 aromatic carbocycles. The molecule has 4 aliphatic heterocycles. The predicted octanol–water partition coefficient (Wildman–Crippen LogP) is 2.45. The number of H-pyrrole nitrogens is 1. The van der Waals surface area contributed by atoms with Crippen LogP contribution in [0.25, 0.3) is 90.2 Å². The van der Waals surface area contributed by atoms with Crippen molar-refractivity contribution in [1.29, 1.82) is 0 Å². The van der Waals surface area contributed by atoms with Crippen molar-refractivity contribution in [2.45, 2.75) is 129 Å². The molecule has 4 saturated heterocycles. The Morgan fingerprint density at radius 2 is 0.729 bits per heavy atom. The summed E-state index contributed by atoms with van der Waals surface area (Å²) in [6.45, 7) is 9.49. The Kier molecular flexibility index (Phi) is 25.4. The van der Waals surface area contributed by atoms with Crippen LogP contribution >= 0.6 is 0 Å². The summed E-state index contributed by atoms with van der Waals surface area (Å²) < 4.78 is 62.0. The maximum Gasteiger partial charge on any atom is 0.332 e. The Balaban J connectivity index is 0.000000129. The summed E-state index contributed by atoms with van der Waals surface area (Å²) >= 11 is 0. The van der Waals surface area contributed by atoms with Crippen molar-refractivity contribution in [3.63, 3.8) is 0 Å². The maximum atomic E-state index is 13.5. The smallest absolute Gasteiger partial charge is 0.332 e. The van der Waals surface area contributed by atoms with Crippen molar-refractivity contribution in [3.05, 3.63) is 207 Å². The van der Waals surface area contributed by atoms with Crippen LogP contribution in [0.1, 0.15) is 95.8 Å². The summed E-state index contributed by atoms with van der Waals surface area (Å²) in [5.74, 6) is -1.02. The minimum atomic E-state index is -2.87. The van der Waals surface area contributed by atoms with Crippen molar-refractivity contribution < 1.29 is 32.1 Å². The number of amides is 4. The van der Waals surface area contributed by atoms with E-state index in [0.29, 0.717) is 96.6 Å². The number of nitrogens with zero attached hydrogens (tertiary/aromatic N) is 35. The predicted molar refractivity (Wildman–Crippen MR) is 519 cm³/mol. The molecule has 5 N–H and O–H groups in total. The fourth-order valence-corrected chi connectivity index (χ4v) is 17.5. The number of aromatic amines is 1. The highest BCUT2D eigenvalue weighted by molar-refractivity contribution is 5.95. The first-order chi connectivity index (χ1) is 70.3. The lowest BCUT2D eigenvalue weighted by Crippen LogP contribution is -2.38. The van der Waals surface area contributed by atoms with Gasteiger partial charge in [-0.15, -0.1) is 0 Å². The highest BCUT2D eigenvalue weighted by Gasteiger charge is 2.72. The topological polar surface area (TPSA) is 594 Å². The molecule has 5 aliphatic rings. The normalized spacial score (nSPS) is 17.6. The van der Waals surface area contributed by atoms with E-state index < -0.39 is 105 Å². The molecule has 0 bridgehead atoms. The molecular weight excluding hydrogens is 1870 g/mol. The fraction of sp³-hybridized carbons (Fsp3) is 0.378. The minimum Gasteiger partial charge on any atom is -0.340 e. The van der Waals surface area contributed by atoms with E-state index in [-0.39, 0.29) is 94.1 Å². The Hall–Kier alpha value is -17.8. The van der Waals surface area contributed by atoms with Gasteiger partial charge in [0, 0.05) is 179 Å². The Morgan fingerprint density at radius 1 is 0.403 bits per heavy atom. The van der Waals surface area contributed by atoms with Gasteiger partial charge in [0.05, 0.1) is 59.4 Å². The van der Waals surface area contributed by atoms with Crippen LogP contribution in [0.5, 0.6) is 0 Å². The van der Waals surface area contributed by atoms with Crippen molar-refractivity contribution in [2.75, 3.05) is 73.6 Å². The van der Waals surface area contributed by atoms with E-state index in [1.54, 1.807) is 74.3 Å². The zero-order chi connectivity index (χ0) is 104. The van der Waals surface area contributed by atoms with Gasteiger partial charge in [-0.05, 0) is 104 Å². The van der Waals surface area contributed by atoms with Gasteiger partial charge in [0.25, 0.3) is 28.2 Å². The Bertz CT molecular complexity index is 8350. The van der Waals surface area contributed by atoms with Crippen LogP contribution in [0, 0.1) is 11.8 Å². The average Bonchev–Trinajstić information content (AvgIpc) is 1.54. The second-order valence-electron chi connectivity index (χ2n) is 35.2. The second kappa shape index (κ2) is 39.5. The summed E-state index contributed by atoms with van der Waals surface area (Å²) in [5, 5.41) is 10.8. The number of hydrogen-bond acceptors (Lipinski definition) is 36. The van der Waals surface area contributed by atoms with Gasteiger partial charge in [-0.25, -0.2) is 128 Å². The third-order valence-corrected chi connectivity index (χ3v) is 25.9. The van der Waals surface area contributed by atoms with Crippen molar-refractivity contribution in [2.24, 2.45) is 61.1 Å². The Labute approximate surface area is 815 Å². The highest BCUT2D eigenvalue weighted by Crippen LogP contribution is 2.59. The molecule has 54 heteroatoms. The van der Waals surface area contributed by atoms with E-state index in [2.05, 4.69) is 161 Å². The van der Waals surface area contributed by atoms with Crippen molar-refractivity contribution in [1.82, 2.24) is 155 Å². The number of halogens is 2. The zero-order valence-corrected chi connectivity index (χ0v) is 79.3. The number of fused-ring (bicyclic) bond motifs is 5. The number of aromatic nitrogens is 32. The molecule has 16 aromatic heterocycles. The lowest BCUT2D eigenvalue weighted by atomic mass is 10.0. The van der Waals surface area contributed by atoms with Gasteiger partial charge in [0.15, 0.2) is 68.0 Å². The number of carbonyl (C=O) groups is 4. The molecule has 5 fully saturated rings. The van der Waals surface area contributed by atoms with Crippen LogP contribution in [0.2, 0.25) is 0 Å². The summed E-state index contributed by atoms with van der Waals surface area (Å²) in [4.78, 5) is 247. The SMILES string of the molecule is CC(C(=O)Nc1ccnc(-c2cnc(N3CCCC[C@@H]3C)nc2)n1)n1cnc2c1c(=O)n(C)c(=O)n2C.C[C@@H](C(=O)Nc1ccnc(-c2cnc(N3CC4C(C3)C4(F)F)nc2)n1)n1cnc2c1c(=O)n(C)c(=O)n2C.C[C@H]1CCCN1c1ncc(-c2nccc(NC(=O)Cn3cnc4c3c(=O)[nH]c(=O)n4C)n2)cn1.[2H]C([2H])([2H])n1c(=O)n(C)c(=O)c2c1ncn2CC(=O)Nc1ccnc(-c2cnc(N3CCC[C@@H]3C)nc2)n1. The molecular formula is C90H96F2N40O12. The molecule has 144 heavy (non-hydrogen) atoms. The summed E-state index contributed by atoms with van der Waals surface area (Å²) in [5.41, 5.74) is -2.31. The van der Waals surface area contributed by atoms with Gasteiger partial charge in [0.1, 0.15) is 48.4 Å². The number of aryl methyl sites for hydroxylation is 4. The molecule has 52 nitrogen and oxygen atoms in total. The van der Waals surface area contributed by atoms with Crippen LogP contribution in [0.15, 0.2) is 162 Å². The first-order valence-electron chi connectivity index (χ1n) is 47.1. The van der Waals surface area contributed by atoms with Crippen molar-refractivity contribution >= 4 is 115 Å². The van der Waals surface area contributed by atoms with Crippen molar-refractivity contribution in [3.8, 4) is 45.6 Å². The zero-order valence-electron chi connectivity index (χ0n) is 82.3. The average molecular weight is 1970 g/mol. The number of carbonyl (C=O) groups excluding carboxylic acids is 4. The van der Waals surface area contributed by atoms with Gasteiger partial charge < -0.3 is 59.1 Å². The summed E-state index contributed by atoms with van der Waals surface area (Å²) in [6.07, 6.45) is 32.1. The lowest BCUT2D eigenvalue weighted by Gasteiger charge is -2.33. The molecule has 4 amide bonds. The van der Waals surface area contributed by atoms with Crippen LogP contribution in [-0.2, 0) is 81.5 Å². The van der Waals surface area contributed by atoms with Gasteiger partial charge in [-0.3, -0.25) is 75.3 Å². The summed E-state index contributed by atoms with van der Waals surface area (Å²) in [6, 6.07) is 5.67. The van der Waals surface area contributed by atoms with Crippen LogP contribution in [0.4, 0.5) is 55.8 Å². The minimum absolute atomic E-state index is 0.122. The van der Waals surface area contributed by atoms with Gasteiger partial charge >= 0.3 is 22.8 Å². The molecule has 16 aromatic rings. The number of alkyl halides is 2. The van der Waals surface area contributed by atoms with Crippen LogP contribution < -0.4 is 85.9 Å². The van der Waals surface area contributed by atoms with E-state index in [0.717, 1.165) is 80.7 Å². The van der Waals surface area contributed by atoms with Crippen LogP contribution in [0.3, 0.4) is 0 Å². The van der Waals surface area contributed by atoms with Gasteiger partial charge in [0.2, 0.25) is 47.4 Å².